The van der Waals surface area contributed by atoms with Gasteiger partial charge in [0.05, 0.1) is 73.4 Å². The van der Waals surface area contributed by atoms with Gasteiger partial charge in [-0.3, -0.25) is 9.59 Å². The van der Waals surface area contributed by atoms with E-state index in [2.05, 4.69) is 9.47 Å². The van der Waals surface area contributed by atoms with Crippen molar-refractivity contribution in [1.82, 2.24) is 0 Å². The van der Waals surface area contributed by atoms with Gasteiger partial charge in [0.1, 0.15) is 0 Å². The maximum absolute atomic E-state index is 11.8. The molecule has 0 aliphatic heterocycles. The third-order valence-corrected chi connectivity index (χ3v) is 10.4. The molecule has 288 valence electrons. The summed E-state index contributed by atoms with van der Waals surface area (Å²) in [6, 6.07) is 0. The Bertz CT molecular complexity index is 1040. The summed E-state index contributed by atoms with van der Waals surface area (Å²) in [5, 5.41) is 59.3. The van der Waals surface area contributed by atoms with Gasteiger partial charge in [-0.25, -0.2) is 9.59 Å². The fourth-order valence-electron chi connectivity index (χ4n) is 6.92. The number of carbonyl (C=O) groups is 4. The molecule has 2 saturated carbocycles. The molecule has 0 saturated heterocycles. The first-order valence-electron chi connectivity index (χ1n) is 15.2. The number of halogens is 2. The molecule has 12 N–H and O–H groups in total. The predicted molar refractivity (Wildman–Crippen MR) is 181 cm³/mol. The van der Waals surface area contributed by atoms with Gasteiger partial charge < -0.3 is 56.5 Å². The number of carboxylic acids is 2. The summed E-state index contributed by atoms with van der Waals surface area (Å²) in [5.41, 5.74) is -3.10. The maximum atomic E-state index is 11.8. The van der Waals surface area contributed by atoms with Crippen molar-refractivity contribution in [3.05, 3.63) is 23.3 Å². The molecule has 0 aromatic heterocycles. The van der Waals surface area contributed by atoms with Gasteiger partial charge in [-0.05, 0) is 61.2 Å². The van der Waals surface area contributed by atoms with Crippen LogP contribution in [0.5, 0.6) is 0 Å². The number of aliphatic hydroxyl groups is 4. The largest absolute Gasteiger partial charge is 0.481 e. The maximum Gasteiger partial charge on any atom is 0.335 e. The average molecular weight is 752 g/mol. The number of rotatable bonds is 12. The van der Waals surface area contributed by atoms with E-state index in [4.69, 9.17) is 23.2 Å². The minimum atomic E-state index is -1.55. The van der Waals surface area contributed by atoms with Gasteiger partial charge in [-0.15, -0.1) is 23.2 Å². The summed E-state index contributed by atoms with van der Waals surface area (Å²) in [7, 11) is 2.38. The lowest BCUT2D eigenvalue weighted by Crippen LogP contribution is -2.53. The van der Waals surface area contributed by atoms with Crippen molar-refractivity contribution >= 4 is 47.1 Å². The minimum Gasteiger partial charge on any atom is -0.481 e. The van der Waals surface area contributed by atoms with Crippen molar-refractivity contribution in [2.24, 2.45) is 47.3 Å². The summed E-state index contributed by atoms with van der Waals surface area (Å²) in [5.74, 6) is -7.49. The van der Waals surface area contributed by atoms with E-state index in [0.29, 0.717) is 12.8 Å². The van der Waals surface area contributed by atoms with Crippen molar-refractivity contribution in [3.63, 3.8) is 0 Å². The molecule has 15 nitrogen and oxygen atoms in total. The molecule has 0 unspecified atom stereocenters. The highest BCUT2D eigenvalue weighted by Gasteiger charge is 2.53. The number of alkyl halides is 2. The molecule has 8 atom stereocenters. The van der Waals surface area contributed by atoms with Crippen LogP contribution in [0.2, 0.25) is 0 Å². The number of carbonyl (C=O) groups excluding carboxylic acids is 2. The van der Waals surface area contributed by atoms with Crippen LogP contribution in [-0.2, 0) is 28.7 Å². The quantitative estimate of drug-likeness (QED) is 0.0897. The summed E-state index contributed by atoms with van der Waals surface area (Å²) in [4.78, 5) is 47.0. The fraction of sp³-hybridized carbons (Fsp3) is 0.750. The first-order chi connectivity index (χ1) is 21.4. The molecule has 17 heteroatoms. The van der Waals surface area contributed by atoms with Crippen molar-refractivity contribution in [2.45, 2.75) is 64.6 Å². The van der Waals surface area contributed by atoms with Crippen LogP contribution in [0.4, 0.5) is 0 Å². The van der Waals surface area contributed by atoms with E-state index in [9.17, 15) is 49.8 Å². The molecule has 0 radical (unpaired) electrons. The molecule has 2 aliphatic carbocycles. The highest BCUT2D eigenvalue weighted by atomic mass is 35.5. The zero-order valence-corrected chi connectivity index (χ0v) is 30.3. The Morgan fingerprint density at radius 3 is 1.16 bits per heavy atom. The van der Waals surface area contributed by atoms with Gasteiger partial charge in [0.2, 0.25) is 0 Å². The molecule has 0 aromatic carbocycles. The second-order valence-electron chi connectivity index (χ2n) is 12.8. The van der Waals surface area contributed by atoms with Crippen molar-refractivity contribution in [1.29, 1.82) is 0 Å². The van der Waals surface area contributed by atoms with Gasteiger partial charge >= 0.3 is 23.9 Å². The lowest BCUT2D eigenvalue weighted by atomic mass is 9.61. The Kier molecular flexibility index (Phi) is 23.4. The highest BCUT2D eigenvalue weighted by molar-refractivity contribution is 6.19. The van der Waals surface area contributed by atoms with Gasteiger partial charge in [0, 0.05) is 0 Å². The Morgan fingerprint density at radius 1 is 0.694 bits per heavy atom. The van der Waals surface area contributed by atoms with Crippen molar-refractivity contribution in [3.8, 4) is 0 Å². The van der Waals surface area contributed by atoms with Crippen LogP contribution in [0, 0.1) is 47.3 Å². The Hall–Kier alpha value is -2.34. The first-order valence-corrected chi connectivity index (χ1v) is 16.3. The number of hydrogen-bond donors (Lipinski definition) is 6. The molecule has 49 heavy (non-hydrogen) atoms. The zero-order chi connectivity index (χ0) is 35.6. The lowest BCUT2D eigenvalue weighted by Gasteiger charge is -2.46. The van der Waals surface area contributed by atoms with E-state index in [0.717, 1.165) is 0 Å². The summed E-state index contributed by atoms with van der Waals surface area (Å²) < 4.78 is 9.22. The third-order valence-electron chi connectivity index (χ3n) is 9.47. The van der Waals surface area contributed by atoms with E-state index in [1.54, 1.807) is 0 Å². The Labute approximate surface area is 296 Å². The molecule has 0 amide bonds. The van der Waals surface area contributed by atoms with Crippen LogP contribution in [-0.4, -0.2) is 121 Å². The van der Waals surface area contributed by atoms with E-state index < -0.39 is 72.0 Å². The van der Waals surface area contributed by atoms with Crippen LogP contribution in [0.15, 0.2) is 23.3 Å². The van der Waals surface area contributed by atoms with E-state index in [-0.39, 0.29) is 75.8 Å². The van der Waals surface area contributed by atoms with E-state index in [1.807, 2.05) is 27.7 Å². The second-order valence-corrected chi connectivity index (χ2v) is 13.4. The van der Waals surface area contributed by atoms with Crippen molar-refractivity contribution in [2.75, 3.05) is 39.2 Å². The van der Waals surface area contributed by atoms with Gasteiger partial charge in [-0.1, -0.05) is 39.8 Å². The van der Waals surface area contributed by atoms with E-state index >= 15 is 0 Å². The standard InChI is InChI=1S/2C16H25ClO6.3H2O/c2*1-9(2)11-4-5-16(22,8-17)13(14(19)20)12(11)6-10(7-18)15(21)23-3;;;/h2*6,9,11-13,18,22H,4-5,7-8H2,1-3H3,(H,19,20);3*1H2/b2*10-6+;;;/t2*11-,12-,13-,16-;;;/m11.../s1. The second kappa shape index (κ2) is 22.5. The van der Waals surface area contributed by atoms with Gasteiger partial charge in [0.25, 0.3) is 0 Å². The number of hydrogen-bond acceptors (Lipinski definition) is 10. The number of carboxylic acid groups (broad SMARTS) is 2. The number of methoxy groups -OCH3 is 2. The summed E-state index contributed by atoms with van der Waals surface area (Å²) in [6.45, 7) is 6.75. The normalized spacial score (nSPS) is 30.0. The van der Waals surface area contributed by atoms with Gasteiger partial charge in [0.15, 0.2) is 0 Å². The van der Waals surface area contributed by atoms with Crippen LogP contribution >= 0.6 is 23.2 Å². The smallest absolute Gasteiger partial charge is 0.335 e. The topological polar surface area (TPSA) is 303 Å². The predicted octanol–water partition coefficient (Wildman–Crippen LogP) is 0.388. The molecule has 2 aliphatic rings. The SMILES string of the molecule is COC(=O)/C(=C/[C@@H]1[C@@H](C(C)C)CC[C@@](O)(CCl)[C@H]1C(=O)O)CO.COC(=O)/C(=C/[C@@H]1[C@@H](C(C)C)CC[C@@](O)(CCl)[C@H]1C(=O)O)CO.O.O.O. The lowest BCUT2D eigenvalue weighted by molar-refractivity contribution is -0.162. The molecule has 2 rings (SSSR count). The minimum absolute atomic E-state index is 0. The molecule has 0 heterocycles. The molecular formula is C32H56Cl2O15. The van der Waals surface area contributed by atoms with Gasteiger partial charge in [-0.2, -0.15) is 0 Å². The summed E-state index contributed by atoms with van der Waals surface area (Å²) in [6.07, 6.45) is 4.62. The van der Waals surface area contributed by atoms with Crippen molar-refractivity contribution < 1.29 is 75.7 Å². The number of esters is 2. The van der Waals surface area contributed by atoms with Crippen LogP contribution in [0.25, 0.3) is 0 Å². The summed E-state index contributed by atoms with van der Waals surface area (Å²) >= 11 is 11.7. The number of allylic oxidation sites excluding steroid dienone is 2. The third kappa shape index (κ3) is 12.4. The monoisotopic (exact) mass is 750 g/mol. The number of ether oxygens (including phenoxy) is 2. The molecule has 2 fully saturated rings. The van der Waals surface area contributed by atoms with E-state index in [1.165, 1.54) is 26.4 Å². The Balaban J connectivity index is -0.000000814. The van der Waals surface area contributed by atoms with Crippen LogP contribution in [0.3, 0.4) is 0 Å². The zero-order valence-electron chi connectivity index (χ0n) is 28.8. The number of aliphatic carboxylic acids is 2. The average Bonchev–Trinajstić information content (AvgIpc) is 3.01. The van der Waals surface area contributed by atoms with Crippen LogP contribution < -0.4 is 0 Å². The molecule has 0 bridgehead atoms. The Morgan fingerprint density at radius 2 is 0.980 bits per heavy atom. The first kappa shape index (κ1) is 51.0. The fourth-order valence-corrected chi connectivity index (χ4v) is 7.52. The molecule has 0 aromatic rings. The molecular weight excluding hydrogens is 695 g/mol. The number of aliphatic hydroxyl groups excluding tert-OH is 2. The highest BCUT2D eigenvalue weighted by Crippen LogP contribution is 2.47. The van der Waals surface area contributed by atoms with Crippen LogP contribution in [0.1, 0.15) is 53.4 Å². The molecule has 0 spiro atoms.